The van der Waals surface area contributed by atoms with E-state index in [9.17, 15) is 48.9 Å². The topological polar surface area (TPSA) is 87.3 Å². The molecule has 0 heterocycles. The summed E-state index contributed by atoms with van der Waals surface area (Å²) in [6, 6.07) is 29.1. The zero-order valence-corrected chi connectivity index (χ0v) is 32.5. The van der Waals surface area contributed by atoms with E-state index in [0.29, 0.717) is 33.8 Å². The molecule has 0 unspecified atom stereocenters. The van der Waals surface area contributed by atoms with Gasteiger partial charge in [-0.05, 0) is 116 Å². The quantitative estimate of drug-likeness (QED) is 0.0456. The molecule has 0 radical (unpaired) electrons. The van der Waals surface area contributed by atoms with E-state index in [1.165, 1.54) is 56.2 Å². The Morgan fingerprint density at radius 2 is 0.737 bits per heavy atom. The van der Waals surface area contributed by atoms with Crippen molar-refractivity contribution < 1.29 is 53.4 Å². The lowest BCUT2D eigenvalue weighted by molar-refractivity contribution is -0.870. The number of carbonyl (C=O) groups excluding carboxylic acids is 3. The van der Waals surface area contributed by atoms with E-state index in [1.807, 2.05) is 48.5 Å². The van der Waals surface area contributed by atoms with Gasteiger partial charge in [0.2, 0.25) is 0 Å². The van der Waals surface area contributed by atoms with E-state index >= 15 is 0 Å². The van der Waals surface area contributed by atoms with E-state index < -0.39 is 14.5 Å². The Balaban J connectivity index is 0.000000996. The van der Waals surface area contributed by atoms with Crippen molar-refractivity contribution in [3.63, 3.8) is 0 Å². The highest BCUT2D eigenvalue weighted by Gasteiger charge is 2.21. The van der Waals surface area contributed by atoms with Crippen molar-refractivity contribution in [3.05, 3.63) is 125 Å². The van der Waals surface area contributed by atoms with Crippen molar-refractivity contribution in [3.8, 4) is 0 Å². The maximum Gasteiger partial charge on any atom is 0.673 e. The maximum absolute atomic E-state index is 12.8. The van der Waals surface area contributed by atoms with Crippen molar-refractivity contribution in [1.29, 1.82) is 0 Å². The molecule has 3 amide bonds. The number of nitrogens with one attached hydrogen (secondary N) is 3. The number of rotatable bonds is 16. The summed E-state index contributed by atoms with van der Waals surface area (Å²) >= 11 is 0. The normalized spacial score (nSPS) is 11.3. The van der Waals surface area contributed by atoms with E-state index in [1.54, 1.807) is 48.5 Å². The Kier molecular flexibility index (Phi) is 19.5. The molecule has 4 rings (SSSR count). The number of carbonyl (C=O) groups is 3. The highest BCUT2D eigenvalue weighted by Crippen LogP contribution is 2.19. The van der Waals surface area contributed by atoms with Gasteiger partial charge < -0.3 is 55.0 Å². The Morgan fingerprint density at radius 3 is 1.07 bits per heavy atom. The van der Waals surface area contributed by atoms with Crippen LogP contribution in [0, 0.1) is 0 Å². The van der Waals surface area contributed by atoms with E-state index in [2.05, 4.69) is 44.0 Å². The van der Waals surface area contributed by atoms with Crippen molar-refractivity contribution >= 4 is 49.3 Å². The number of nitrogens with zero attached hydrogens (tertiary/aromatic N) is 1. The zero-order chi connectivity index (χ0) is 42.6. The minimum atomic E-state index is -6.00. The fourth-order valence-electron chi connectivity index (χ4n) is 5.29. The molecule has 17 heteroatoms. The molecular weight excluding hydrogens is 758 g/mol. The van der Waals surface area contributed by atoms with Crippen LogP contribution in [0.15, 0.2) is 97.1 Å². The highest BCUT2D eigenvalue weighted by atomic mass is 19.5. The molecule has 310 valence electrons. The summed E-state index contributed by atoms with van der Waals surface area (Å²) in [6.45, 7) is 3.31. The van der Waals surface area contributed by atoms with Crippen molar-refractivity contribution in [1.82, 2.24) is 0 Å². The number of benzene rings is 4. The van der Waals surface area contributed by atoms with Crippen LogP contribution in [0.4, 0.5) is 51.6 Å². The summed E-state index contributed by atoms with van der Waals surface area (Å²) in [5.74, 6) is -0.648. The molecule has 4 aromatic rings. The molecule has 0 aromatic heterocycles. The first kappa shape index (κ1) is 48.0. The monoisotopic (exact) mass is 807 g/mol. The molecule has 7 nitrogen and oxygen atoms in total. The molecule has 0 aliphatic heterocycles. The lowest BCUT2D eigenvalue weighted by Crippen LogP contribution is -2.35. The van der Waals surface area contributed by atoms with Crippen LogP contribution in [-0.2, 0) is 12.8 Å². The number of amides is 3. The van der Waals surface area contributed by atoms with Crippen LogP contribution >= 0.6 is 0 Å². The molecule has 0 atom stereocenters. The number of hydrogen-bond acceptors (Lipinski definition) is 3. The average molecular weight is 807 g/mol. The predicted molar refractivity (Wildman–Crippen MR) is 214 cm³/mol. The van der Waals surface area contributed by atoms with Gasteiger partial charge in [-0.1, -0.05) is 50.5 Å². The van der Waals surface area contributed by atoms with Gasteiger partial charge in [0.1, 0.15) is 0 Å². The zero-order valence-electron chi connectivity index (χ0n) is 32.5. The van der Waals surface area contributed by atoms with Crippen LogP contribution in [0.2, 0.25) is 0 Å². The first-order chi connectivity index (χ1) is 26.6. The van der Waals surface area contributed by atoms with Gasteiger partial charge in [-0.15, -0.1) is 0 Å². The standard InChI is InChI=1S/C40H48N4O3.2BF4/c1-5-30-13-17-32(18-14-30)38(45)41-35-23-21-34(22-24-35)40(47)43-37-27-25-36(26-28-37)42-39(46)33-19-15-31(16-20-33)12-10-8-6-7-9-11-29-44(2,3)4;2*2-1(3,4)5/h13-28H,5-12,29H2,1-4H3,(H2-,41,42,43,45,46,47);;/q;2*-1/p+1. The van der Waals surface area contributed by atoms with Gasteiger partial charge in [0.05, 0.1) is 27.7 Å². The second-order valence-electron chi connectivity index (χ2n) is 14.1. The molecule has 0 bridgehead atoms. The van der Waals surface area contributed by atoms with E-state index in [-0.39, 0.29) is 17.7 Å². The average Bonchev–Trinajstić information content (AvgIpc) is 3.12. The molecule has 4 aromatic carbocycles. The Bertz CT molecular complexity index is 1790. The highest BCUT2D eigenvalue weighted by molar-refractivity contribution is 6.50. The number of halogens is 8. The van der Waals surface area contributed by atoms with Gasteiger partial charge in [-0.3, -0.25) is 14.4 Å². The summed E-state index contributed by atoms with van der Waals surface area (Å²) in [7, 11) is -5.26. The second-order valence-corrected chi connectivity index (χ2v) is 14.1. The van der Waals surface area contributed by atoms with Crippen LogP contribution in [0.5, 0.6) is 0 Å². The molecule has 0 aliphatic rings. The van der Waals surface area contributed by atoms with Gasteiger partial charge in [0, 0.05) is 33.8 Å². The first-order valence-electron chi connectivity index (χ1n) is 18.5. The lowest BCUT2D eigenvalue weighted by Gasteiger charge is -2.23. The Hall–Kier alpha value is -5.18. The number of aryl methyl sites for hydroxylation is 2. The fourth-order valence-corrected chi connectivity index (χ4v) is 5.29. The van der Waals surface area contributed by atoms with Gasteiger partial charge in [-0.25, -0.2) is 0 Å². The van der Waals surface area contributed by atoms with Gasteiger partial charge in [0.25, 0.3) is 17.7 Å². The molecule has 0 spiro atoms. The molecule has 0 aliphatic carbocycles. The van der Waals surface area contributed by atoms with Crippen molar-refractivity contribution in [2.24, 2.45) is 0 Å². The van der Waals surface area contributed by atoms with Gasteiger partial charge >= 0.3 is 14.5 Å². The summed E-state index contributed by atoms with van der Waals surface area (Å²) < 4.78 is 79.0. The summed E-state index contributed by atoms with van der Waals surface area (Å²) in [5, 5.41) is 8.66. The van der Waals surface area contributed by atoms with Crippen LogP contribution in [0.1, 0.15) is 87.6 Å². The largest absolute Gasteiger partial charge is 0.673 e. The van der Waals surface area contributed by atoms with Crippen LogP contribution in [0.25, 0.3) is 0 Å². The Morgan fingerprint density at radius 1 is 0.456 bits per heavy atom. The third-order valence-electron chi connectivity index (χ3n) is 8.19. The number of quaternary nitrogens is 1. The van der Waals surface area contributed by atoms with Gasteiger partial charge in [-0.2, -0.15) is 0 Å². The van der Waals surface area contributed by atoms with Crippen LogP contribution < -0.4 is 16.0 Å². The smallest absolute Gasteiger partial charge is 0.418 e. The molecule has 57 heavy (non-hydrogen) atoms. The summed E-state index contributed by atoms with van der Waals surface area (Å²) in [4.78, 5) is 38.2. The number of unbranched alkanes of at least 4 members (excludes halogenated alkanes) is 5. The summed E-state index contributed by atoms with van der Waals surface area (Å²) in [5.41, 5.74) is 5.93. The van der Waals surface area contributed by atoms with Crippen molar-refractivity contribution in [2.75, 3.05) is 43.6 Å². The molecule has 0 saturated heterocycles. The molecule has 0 saturated carbocycles. The van der Waals surface area contributed by atoms with Gasteiger partial charge in [0.15, 0.2) is 0 Å². The van der Waals surface area contributed by atoms with Crippen molar-refractivity contribution in [2.45, 2.75) is 58.3 Å². The number of anilines is 3. The first-order valence-corrected chi connectivity index (χ1v) is 18.5. The predicted octanol–water partition coefficient (Wildman–Crippen LogP) is 11.2. The molecular formula is C40H49B2F8N4O3-. The van der Waals surface area contributed by atoms with E-state index in [4.69, 9.17) is 0 Å². The third-order valence-corrected chi connectivity index (χ3v) is 8.19. The second kappa shape index (κ2) is 23.1. The maximum atomic E-state index is 12.8. The lowest BCUT2D eigenvalue weighted by atomic mass is 10.0. The number of hydrogen-bond donors (Lipinski definition) is 3. The summed E-state index contributed by atoms with van der Waals surface area (Å²) in [6.07, 6.45) is 9.54. The third kappa shape index (κ3) is 22.8. The van der Waals surface area contributed by atoms with E-state index in [0.717, 1.165) is 17.3 Å². The van der Waals surface area contributed by atoms with Crippen LogP contribution in [0.3, 0.4) is 0 Å². The molecule has 3 N–H and O–H groups in total. The molecule has 0 fully saturated rings. The fraction of sp³-hybridized carbons (Fsp3) is 0.325. The van der Waals surface area contributed by atoms with Crippen LogP contribution in [-0.4, -0.2) is 64.4 Å². The Labute approximate surface area is 329 Å². The SMILES string of the molecule is CCc1ccc(C(=O)Nc2ccc(C(=O)Nc3ccc(NC(=O)c4ccc(CCCCCCCC[N+](C)(C)C)cc4)cc3)cc2)cc1.F[B-](F)(F)F.F[B-](F)(F)F. The minimum Gasteiger partial charge on any atom is -0.418 e. The minimum absolute atomic E-state index is 0.174.